The summed E-state index contributed by atoms with van der Waals surface area (Å²) in [5.74, 6) is -1.86. The van der Waals surface area contributed by atoms with Crippen LogP contribution in [0.5, 0.6) is 0 Å². The number of carbonyl (C=O) groups is 12. The van der Waals surface area contributed by atoms with Crippen molar-refractivity contribution in [2.75, 3.05) is 105 Å². The van der Waals surface area contributed by atoms with E-state index in [0.717, 1.165) is 142 Å². The zero-order valence-electron chi connectivity index (χ0n) is 85.6. The van der Waals surface area contributed by atoms with Gasteiger partial charge < -0.3 is 57.5 Å². The Morgan fingerprint density at radius 2 is 0.581 bits per heavy atom. The first-order valence-electron chi connectivity index (χ1n) is 52.1. The fourth-order valence-corrected chi connectivity index (χ4v) is 17.2. The minimum atomic E-state index is -0.810. The first-order chi connectivity index (χ1) is 61.6. The predicted molar refractivity (Wildman–Crippen MR) is 513 cm³/mol. The Morgan fingerprint density at radius 1 is 0.295 bits per heavy atom. The highest BCUT2D eigenvalue weighted by molar-refractivity contribution is 5.83. The van der Waals surface area contributed by atoms with Crippen molar-refractivity contribution in [1.82, 2.24) is 19.6 Å². The Labute approximate surface area is 784 Å². The maximum atomic E-state index is 12.9. The van der Waals surface area contributed by atoms with E-state index >= 15 is 0 Å². The molecule has 0 radical (unpaired) electrons. The molecular weight excluding hydrogens is 1640 g/mol. The van der Waals surface area contributed by atoms with E-state index in [2.05, 4.69) is 41.5 Å². The van der Waals surface area contributed by atoms with Gasteiger partial charge in [0.15, 0.2) is 0 Å². The molecule has 4 aliphatic rings. The summed E-state index contributed by atoms with van der Waals surface area (Å²) >= 11 is 0. The van der Waals surface area contributed by atoms with Crippen molar-refractivity contribution >= 4 is 71.4 Å². The molecule has 4 amide bonds. The lowest BCUT2D eigenvalue weighted by Crippen LogP contribution is -2.39. The largest absolute Gasteiger partial charge is 0.465 e. The second-order valence-electron chi connectivity index (χ2n) is 39.4. The molecule has 4 saturated heterocycles. The van der Waals surface area contributed by atoms with Crippen molar-refractivity contribution in [3.05, 3.63) is 0 Å². The second kappa shape index (κ2) is 70.3. The fourth-order valence-electron chi connectivity index (χ4n) is 17.2. The van der Waals surface area contributed by atoms with Gasteiger partial charge in [0.1, 0.15) is 26.4 Å². The van der Waals surface area contributed by atoms with E-state index in [1.807, 2.05) is 83.1 Å². The molecule has 4 heterocycles. The summed E-state index contributed by atoms with van der Waals surface area (Å²) in [6.45, 7) is 45.2. The van der Waals surface area contributed by atoms with Gasteiger partial charge in [0.2, 0.25) is 23.6 Å². The fraction of sp³-hybridized carbons (Fsp3) is 0.886. The van der Waals surface area contributed by atoms with E-state index in [4.69, 9.17) is 37.9 Å². The third-order valence-corrected chi connectivity index (χ3v) is 27.7. The molecule has 0 spiro atoms. The summed E-state index contributed by atoms with van der Waals surface area (Å²) in [4.78, 5) is 156. The lowest BCUT2D eigenvalue weighted by molar-refractivity contribution is -0.164. The van der Waals surface area contributed by atoms with Crippen molar-refractivity contribution in [3.8, 4) is 0 Å². The monoisotopic (exact) mass is 1830 g/mol. The molecule has 0 saturated carbocycles. The van der Waals surface area contributed by atoms with Crippen LogP contribution >= 0.6 is 0 Å². The highest BCUT2D eigenvalue weighted by atomic mass is 16.6. The van der Waals surface area contributed by atoms with E-state index in [1.165, 1.54) is 103 Å². The molecule has 4 rings (SSSR count). The molecule has 4 fully saturated rings. The standard InChI is InChI=1S/C28H51NO5.C27H49NO5.C26H47NO5.C24H43NO5/c1-6-8-9-10-11-12-13-14-15-16-21-33-26(32)28(5,7-2)23-27(3,4)25(31)34-22-20-29-19-17-18-24(29)30;1-5-7-8-9-10-11-12-13-14-15-20-33-26(31)27(4,6-2)22-23(3)25(30)32-21-19-28-18-16-17-24(28)29;1-6-10-14-21(7-2)20-32-25(30)26(5,9-4)19-22(8-3)24(29)31-18-17-27-16-13-11-12-15-23(27)28;1-6-10-12-19(7-2)18-30-23(28)24(5,9-4)17-20(8-3)22(27)29-16-15-25-14-11-13-21(25)26/h6-23H2,1-5H3;23H,5-22H2,1-4H3;21-22H,6-20H2,1-5H3;19-20H,6-18H2,1-5H3. The average Bonchev–Trinajstić information content (AvgIpc) is 1.60. The van der Waals surface area contributed by atoms with Gasteiger partial charge in [-0.15, -0.1) is 0 Å². The van der Waals surface area contributed by atoms with Crippen molar-refractivity contribution in [2.45, 2.75) is 440 Å². The minimum Gasteiger partial charge on any atom is -0.465 e. The number of nitrogens with zero attached hydrogens (tertiary/aromatic N) is 4. The lowest BCUT2D eigenvalue weighted by Gasteiger charge is -2.33. The minimum absolute atomic E-state index is 0.124. The Kier molecular flexibility index (Phi) is 65.8. The van der Waals surface area contributed by atoms with Gasteiger partial charge in [-0.25, -0.2) is 0 Å². The maximum absolute atomic E-state index is 12.9. The van der Waals surface area contributed by atoms with Gasteiger partial charge in [0, 0.05) is 51.9 Å². The molecule has 0 bridgehead atoms. The number of ether oxygens (including phenoxy) is 8. The molecule has 9 atom stereocenters. The lowest BCUT2D eigenvalue weighted by atomic mass is 9.72. The zero-order valence-corrected chi connectivity index (χ0v) is 85.6. The molecule has 4 aliphatic heterocycles. The normalized spacial score (nSPS) is 17.2. The van der Waals surface area contributed by atoms with Crippen molar-refractivity contribution in [1.29, 1.82) is 0 Å². The third-order valence-electron chi connectivity index (χ3n) is 27.7. The van der Waals surface area contributed by atoms with Crippen LogP contribution in [0.25, 0.3) is 0 Å². The number of hydrogen-bond acceptors (Lipinski definition) is 20. The van der Waals surface area contributed by atoms with E-state index in [1.54, 1.807) is 26.5 Å². The molecule has 0 aromatic carbocycles. The Hall–Kier alpha value is -6.36. The summed E-state index contributed by atoms with van der Waals surface area (Å²) in [5.41, 5.74) is -3.64. The van der Waals surface area contributed by atoms with E-state index < -0.39 is 33.0 Å². The molecular formula is C105H190N4O20. The van der Waals surface area contributed by atoms with Crippen LogP contribution in [0.1, 0.15) is 440 Å². The van der Waals surface area contributed by atoms with Crippen LogP contribution in [0.3, 0.4) is 0 Å². The van der Waals surface area contributed by atoms with Gasteiger partial charge in [0.25, 0.3) is 0 Å². The van der Waals surface area contributed by atoms with Crippen molar-refractivity contribution < 1.29 is 95.4 Å². The number of unbranched alkanes of at least 4 members (excludes halogenated alkanes) is 20. The number of likely N-dealkylation sites (tertiary alicyclic amines) is 4. The van der Waals surface area contributed by atoms with Crippen LogP contribution in [0.2, 0.25) is 0 Å². The van der Waals surface area contributed by atoms with E-state index in [9.17, 15) is 57.5 Å². The van der Waals surface area contributed by atoms with Gasteiger partial charge in [-0.2, -0.15) is 0 Å². The van der Waals surface area contributed by atoms with Crippen LogP contribution in [-0.4, -0.2) is 196 Å². The first-order valence-corrected chi connectivity index (χ1v) is 52.1. The van der Waals surface area contributed by atoms with Gasteiger partial charge in [-0.05, 0) is 175 Å². The molecule has 0 aromatic heterocycles. The summed E-state index contributed by atoms with van der Waals surface area (Å²) in [5, 5.41) is 0. The molecule has 9 unspecified atom stereocenters. The quantitative estimate of drug-likeness (QED) is 0.0310. The van der Waals surface area contributed by atoms with Gasteiger partial charge in [0.05, 0.1) is 97.4 Å². The molecule has 129 heavy (non-hydrogen) atoms. The van der Waals surface area contributed by atoms with Crippen LogP contribution in [-0.2, 0) is 95.4 Å². The van der Waals surface area contributed by atoms with E-state index in [0.29, 0.717) is 154 Å². The van der Waals surface area contributed by atoms with E-state index in [-0.39, 0.29) is 110 Å². The predicted octanol–water partition coefficient (Wildman–Crippen LogP) is 22.8. The van der Waals surface area contributed by atoms with Crippen LogP contribution in [0.4, 0.5) is 0 Å². The maximum Gasteiger partial charge on any atom is 0.311 e. The molecule has 0 aromatic rings. The molecule has 0 aliphatic carbocycles. The average molecular weight is 1830 g/mol. The van der Waals surface area contributed by atoms with Crippen LogP contribution in [0.15, 0.2) is 0 Å². The topological polar surface area (TPSA) is 292 Å². The highest BCUT2D eigenvalue weighted by Gasteiger charge is 2.45. The number of carbonyl (C=O) groups excluding carboxylic acids is 12. The Morgan fingerprint density at radius 3 is 0.899 bits per heavy atom. The van der Waals surface area contributed by atoms with Gasteiger partial charge >= 0.3 is 47.8 Å². The Bertz CT molecular complexity index is 3130. The van der Waals surface area contributed by atoms with Gasteiger partial charge in [-0.3, -0.25) is 57.5 Å². The first kappa shape index (κ1) is 121. The number of rotatable bonds is 68. The SMILES string of the molecule is CCCCC(CC)COC(=O)C(C)(CC)CC(CC)C(=O)OCCN1CCCC1=O.CCCCC(CC)COC(=O)C(C)(CC)CC(CC)C(=O)OCCN1CCCCCC1=O.CCCCCCCCCCCCOC(=O)C(C)(CC)CC(C)(C)C(=O)OCCN1CCCC1=O.CCCCCCCCCCCCOC(=O)C(C)(CC)CC(C)C(=O)OCCN1CCCC1=O. The zero-order chi connectivity index (χ0) is 96.5. The second-order valence-corrected chi connectivity index (χ2v) is 39.4. The molecule has 24 nitrogen and oxygen atoms in total. The Balaban J connectivity index is 0.000000861. The van der Waals surface area contributed by atoms with Crippen molar-refractivity contribution in [3.63, 3.8) is 0 Å². The molecule has 24 heteroatoms. The van der Waals surface area contributed by atoms with Gasteiger partial charge in [-0.1, -0.05) is 251 Å². The highest BCUT2D eigenvalue weighted by Crippen LogP contribution is 2.40. The summed E-state index contributed by atoms with van der Waals surface area (Å²) in [6, 6.07) is 0. The van der Waals surface area contributed by atoms with Crippen LogP contribution < -0.4 is 0 Å². The molecule has 0 N–H and O–H groups in total. The van der Waals surface area contributed by atoms with Crippen LogP contribution in [0, 0.1) is 56.7 Å². The number of esters is 8. The third kappa shape index (κ3) is 50.0. The summed E-state index contributed by atoms with van der Waals surface area (Å²) < 4.78 is 44.4. The molecule has 750 valence electrons. The van der Waals surface area contributed by atoms with Crippen molar-refractivity contribution in [2.24, 2.45) is 56.7 Å². The number of hydrogen-bond donors (Lipinski definition) is 0. The number of amides is 4. The summed E-state index contributed by atoms with van der Waals surface area (Å²) in [7, 11) is 0. The summed E-state index contributed by atoms with van der Waals surface area (Å²) in [6.07, 6.45) is 46.8. The smallest absolute Gasteiger partial charge is 0.311 e.